The predicted octanol–water partition coefficient (Wildman–Crippen LogP) is 1.34. The van der Waals surface area contributed by atoms with Crippen molar-refractivity contribution in [1.82, 2.24) is 0 Å². The average Bonchev–Trinajstić information content (AvgIpc) is 1.85. The molecule has 0 aromatic heterocycles. The van der Waals surface area contributed by atoms with Gasteiger partial charge in [0.15, 0.2) is 0 Å². The van der Waals surface area contributed by atoms with Crippen LogP contribution in [0.4, 0.5) is 0 Å². The summed E-state index contributed by atoms with van der Waals surface area (Å²) in [4.78, 5) is 20.9. The van der Waals surface area contributed by atoms with Crippen molar-refractivity contribution < 1.29 is 19.8 Å². The fourth-order valence-corrected chi connectivity index (χ4v) is 0.826. The lowest BCUT2D eigenvalue weighted by Gasteiger charge is -2.23. The van der Waals surface area contributed by atoms with Gasteiger partial charge in [-0.25, -0.2) is 0 Å². The van der Waals surface area contributed by atoms with Gasteiger partial charge < -0.3 is 10.2 Å². The zero-order valence-electron chi connectivity index (χ0n) is 6.87. The summed E-state index contributed by atoms with van der Waals surface area (Å²) in [6.07, 6.45) is -0.159. The monoisotopic (exact) mass is 238 g/mol. The second-order valence-electron chi connectivity index (χ2n) is 2.88. The first-order chi connectivity index (χ1) is 5.28. The van der Waals surface area contributed by atoms with E-state index in [-0.39, 0.29) is 6.42 Å². The van der Waals surface area contributed by atoms with E-state index in [9.17, 15) is 9.59 Å². The molecule has 2 unspecified atom stereocenters. The molecule has 0 saturated carbocycles. The van der Waals surface area contributed by atoms with Crippen LogP contribution in [-0.4, -0.2) is 26.5 Å². The summed E-state index contributed by atoms with van der Waals surface area (Å²) in [5.41, 5.74) is 0. The molecule has 5 heteroatoms. The SMILES string of the molecule is CC(CC(=O)O)C(C)(Br)C(=O)O. The molecule has 0 aromatic carbocycles. The maximum absolute atomic E-state index is 10.6. The van der Waals surface area contributed by atoms with Crippen molar-refractivity contribution >= 4 is 27.9 Å². The standard InChI is InChI=1S/C7H11BrO4/c1-4(3-5(9)10)7(2,8)6(11)12/h4H,3H2,1-2H3,(H,9,10)(H,11,12). The Kier molecular flexibility index (Phi) is 3.70. The maximum Gasteiger partial charge on any atom is 0.320 e. The van der Waals surface area contributed by atoms with Gasteiger partial charge >= 0.3 is 11.9 Å². The Morgan fingerprint density at radius 1 is 1.50 bits per heavy atom. The van der Waals surface area contributed by atoms with Crippen molar-refractivity contribution in [2.45, 2.75) is 24.6 Å². The van der Waals surface area contributed by atoms with Gasteiger partial charge in [-0.05, 0) is 12.8 Å². The molecular formula is C7H11BrO4. The molecule has 0 aliphatic rings. The van der Waals surface area contributed by atoms with Crippen LogP contribution in [0.25, 0.3) is 0 Å². The lowest BCUT2D eigenvalue weighted by atomic mass is 9.93. The molecular weight excluding hydrogens is 228 g/mol. The third-order valence-corrected chi connectivity index (χ3v) is 2.95. The number of rotatable bonds is 4. The highest BCUT2D eigenvalue weighted by molar-refractivity contribution is 9.10. The van der Waals surface area contributed by atoms with E-state index >= 15 is 0 Å². The molecule has 0 spiro atoms. The summed E-state index contributed by atoms with van der Waals surface area (Å²) in [6, 6.07) is 0. The maximum atomic E-state index is 10.6. The van der Waals surface area contributed by atoms with E-state index in [0.717, 1.165) is 0 Å². The Bertz CT molecular complexity index is 200. The van der Waals surface area contributed by atoms with Crippen molar-refractivity contribution in [1.29, 1.82) is 0 Å². The van der Waals surface area contributed by atoms with E-state index in [1.54, 1.807) is 6.92 Å². The number of halogens is 1. The van der Waals surface area contributed by atoms with Gasteiger partial charge in [0, 0.05) is 6.42 Å². The van der Waals surface area contributed by atoms with Gasteiger partial charge in [0.25, 0.3) is 0 Å². The molecule has 0 heterocycles. The van der Waals surface area contributed by atoms with Crippen LogP contribution in [0.3, 0.4) is 0 Å². The molecule has 0 saturated heterocycles. The van der Waals surface area contributed by atoms with Gasteiger partial charge in [0.2, 0.25) is 0 Å². The number of carboxylic acids is 2. The van der Waals surface area contributed by atoms with Gasteiger partial charge in [0.1, 0.15) is 4.32 Å². The molecule has 0 amide bonds. The fraction of sp³-hybridized carbons (Fsp3) is 0.714. The van der Waals surface area contributed by atoms with E-state index in [4.69, 9.17) is 10.2 Å². The van der Waals surface area contributed by atoms with Crippen LogP contribution < -0.4 is 0 Å². The molecule has 0 aliphatic heterocycles. The van der Waals surface area contributed by atoms with Crippen molar-refractivity contribution in [2.24, 2.45) is 5.92 Å². The van der Waals surface area contributed by atoms with Crippen molar-refractivity contribution in [3.8, 4) is 0 Å². The van der Waals surface area contributed by atoms with Crippen molar-refractivity contribution in [2.75, 3.05) is 0 Å². The number of aliphatic carboxylic acids is 2. The number of hydrogen-bond donors (Lipinski definition) is 2. The molecule has 70 valence electrons. The molecule has 0 aromatic rings. The molecule has 2 atom stereocenters. The normalized spacial score (nSPS) is 17.9. The van der Waals surface area contributed by atoms with E-state index in [1.807, 2.05) is 0 Å². The van der Waals surface area contributed by atoms with E-state index in [0.29, 0.717) is 0 Å². The number of carbonyl (C=O) groups is 2. The van der Waals surface area contributed by atoms with Crippen LogP contribution in [0.15, 0.2) is 0 Å². The highest BCUT2D eigenvalue weighted by Crippen LogP contribution is 2.29. The topological polar surface area (TPSA) is 74.6 Å². The summed E-state index contributed by atoms with van der Waals surface area (Å²) in [6.45, 7) is 3.03. The highest BCUT2D eigenvalue weighted by Gasteiger charge is 2.37. The van der Waals surface area contributed by atoms with Gasteiger partial charge in [0.05, 0.1) is 0 Å². The largest absolute Gasteiger partial charge is 0.481 e. The Balaban J connectivity index is 4.35. The lowest BCUT2D eigenvalue weighted by Crippen LogP contribution is -2.36. The smallest absolute Gasteiger partial charge is 0.320 e. The number of carboxylic acid groups (broad SMARTS) is 2. The van der Waals surface area contributed by atoms with E-state index < -0.39 is 22.2 Å². The zero-order valence-corrected chi connectivity index (χ0v) is 8.46. The van der Waals surface area contributed by atoms with Crippen LogP contribution in [0.1, 0.15) is 20.3 Å². The molecule has 0 rings (SSSR count). The van der Waals surface area contributed by atoms with Crippen LogP contribution in [0.5, 0.6) is 0 Å². The minimum atomic E-state index is -1.16. The summed E-state index contributed by atoms with van der Waals surface area (Å²) < 4.78 is -1.16. The molecule has 0 fully saturated rings. The molecule has 0 bridgehead atoms. The second kappa shape index (κ2) is 3.89. The Morgan fingerprint density at radius 2 is 1.92 bits per heavy atom. The van der Waals surface area contributed by atoms with Gasteiger partial charge in [-0.15, -0.1) is 0 Å². The highest BCUT2D eigenvalue weighted by atomic mass is 79.9. The van der Waals surface area contributed by atoms with Gasteiger partial charge in [-0.3, -0.25) is 9.59 Å². The Labute approximate surface area is 78.7 Å². The third kappa shape index (κ3) is 2.81. The fourth-order valence-electron chi connectivity index (χ4n) is 0.664. The van der Waals surface area contributed by atoms with Crippen LogP contribution >= 0.6 is 15.9 Å². The van der Waals surface area contributed by atoms with Crippen LogP contribution in [0, 0.1) is 5.92 Å². The Hall–Kier alpha value is -0.580. The summed E-state index contributed by atoms with van der Waals surface area (Å²) in [5.74, 6) is -2.49. The first-order valence-electron chi connectivity index (χ1n) is 3.42. The third-order valence-electron chi connectivity index (χ3n) is 1.82. The second-order valence-corrected chi connectivity index (χ2v) is 4.53. The van der Waals surface area contributed by atoms with Gasteiger partial charge in [-0.2, -0.15) is 0 Å². The molecule has 2 N–H and O–H groups in total. The summed E-state index contributed by atoms with van der Waals surface area (Å²) in [7, 11) is 0. The molecule has 12 heavy (non-hydrogen) atoms. The molecule has 0 radical (unpaired) electrons. The number of hydrogen-bond acceptors (Lipinski definition) is 2. The lowest BCUT2D eigenvalue weighted by molar-refractivity contribution is -0.142. The van der Waals surface area contributed by atoms with E-state index in [1.165, 1.54) is 6.92 Å². The summed E-state index contributed by atoms with van der Waals surface area (Å²) in [5, 5.41) is 17.1. The number of alkyl halides is 1. The summed E-state index contributed by atoms with van der Waals surface area (Å²) >= 11 is 2.98. The molecule has 0 aliphatic carbocycles. The Morgan fingerprint density at radius 3 is 2.17 bits per heavy atom. The van der Waals surface area contributed by atoms with Crippen molar-refractivity contribution in [3.63, 3.8) is 0 Å². The minimum Gasteiger partial charge on any atom is -0.481 e. The first-order valence-corrected chi connectivity index (χ1v) is 4.22. The quantitative estimate of drug-likeness (QED) is 0.726. The van der Waals surface area contributed by atoms with E-state index in [2.05, 4.69) is 15.9 Å². The zero-order chi connectivity index (χ0) is 9.94. The minimum absolute atomic E-state index is 0.159. The molecule has 4 nitrogen and oxygen atoms in total. The van der Waals surface area contributed by atoms with Crippen LogP contribution in [-0.2, 0) is 9.59 Å². The predicted molar refractivity (Wildman–Crippen MR) is 46.4 cm³/mol. The first kappa shape index (κ1) is 11.4. The average molecular weight is 239 g/mol. The van der Waals surface area contributed by atoms with Crippen molar-refractivity contribution in [3.05, 3.63) is 0 Å². The van der Waals surface area contributed by atoms with Gasteiger partial charge in [-0.1, -0.05) is 22.9 Å². The van der Waals surface area contributed by atoms with Crippen LogP contribution in [0.2, 0.25) is 0 Å².